The zero-order valence-corrected chi connectivity index (χ0v) is 14.2. The molecular formula is C21H20F3NO. The molecule has 2 aromatic carbocycles. The van der Waals surface area contributed by atoms with Crippen LogP contribution in [-0.2, 0) is 17.5 Å². The fourth-order valence-electron chi connectivity index (χ4n) is 3.79. The van der Waals surface area contributed by atoms with Crippen molar-refractivity contribution in [1.82, 2.24) is 4.90 Å². The zero-order valence-electron chi connectivity index (χ0n) is 14.2. The van der Waals surface area contributed by atoms with Gasteiger partial charge in [-0.25, -0.2) is 0 Å². The number of alkyl halides is 3. The molecule has 2 bridgehead atoms. The number of hydrogen-bond donors (Lipinski definition) is 0. The Hall–Kier alpha value is -2.11. The van der Waals surface area contributed by atoms with E-state index in [0.29, 0.717) is 13.2 Å². The van der Waals surface area contributed by atoms with E-state index in [9.17, 15) is 13.2 Å². The number of fused-ring (bicyclic) bond motifs is 2. The van der Waals surface area contributed by atoms with Crippen LogP contribution in [-0.4, -0.2) is 30.2 Å². The van der Waals surface area contributed by atoms with Crippen LogP contribution in [0.25, 0.3) is 5.57 Å². The standard InChI is InChI=1S/C21H20F3NO/c22-21(23,24)18-8-6-16(7-9-18)17-10-19-13-26-14-20(11-17)25(19)12-15-4-2-1-3-5-15/h1-10,19-20H,11-14H2. The summed E-state index contributed by atoms with van der Waals surface area (Å²) in [5.41, 5.74) is 2.64. The minimum absolute atomic E-state index is 0.153. The van der Waals surface area contributed by atoms with Gasteiger partial charge in [0.05, 0.1) is 24.8 Å². The highest BCUT2D eigenvalue weighted by molar-refractivity contribution is 5.68. The van der Waals surface area contributed by atoms with Crippen molar-refractivity contribution in [2.75, 3.05) is 13.2 Å². The molecule has 0 radical (unpaired) electrons. The Labute approximate surface area is 150 Å². The summed E-state index contributed by atoms with van der Waals surface area (Å²) in [6, 6.07) is 16.2. The molecule has 5 heteroatoms. The maximum atomic E-state index is 12.8. The molecular weight excluding hydrogens is 339 g/mol. The summed E-state index contributed by atoms with van der Waals surface area (Å²) in [4.78, 5) is 2.44. The Bertz CT molecular complexity index is 783. The molecule has 0 aliphatic carbocycles. The monoisotopic (exact) mass is 359 g/mol. The van der Waals surface area contributed by atoms with Crippen LogP contribution in [0.3, 0.4) is 0 Å². The minimum atomic E-state index is -4.30. The highest BCUT2D eigenvalue weighted by atomic mass is 19.4. The molecule has 0 spiro atoms. The number of rotatable bonds is 3. The van der Waals surface area contributed by atoms with E-state index in [2.05, 4.69) is 23.1 Å². The van der Waals surface area contributed by atoms with E-state index in [1.54, 1.807) is 12.1 Å². The lowest BCUT2D eigenvalue weighted by Crippen LogP contribution is -2.53. The first-order valence-corrected chi connectivity index (χ1v) is 8.76. The van der Waals surface area contributed by atoms with E-state index in [4.69, 9.17) is 4.74 Å². The van der Waals surface area contributed by atoms with Gasteiger partial charge in [-0.3, -0.25) is 4.90 Å². The van der Waals surface area contributed by atoms with Crippen molar-refractivity contribution in [2.24, 2.45) is 0 Å². The van der Waals surface area contributed by atoms with Gasteiger partial charge in [0.25, 0.3) is 0 Å². The second kappa shape index (κ2) is 6.89. The zero-order chi connectivity index (χ0) is 18.1. The molecule has 0 saturated carbocycles. The van der Waals surface area contributed by atoms with Gasteiger partial charge in [-0.05, 0) is 35.3 Å². The Morgan fingerprint density at radius 1 is 0.962 bits per heavy atom. The minimum Gasteiger partial charge on any atom is -0.378 e. The van der Waals surface area contributed by atoms with Gasteiger partial charge in [0.2, 0.25) is 0 Å². The molecule has 26 heavy (non-hydrogen) atoms. The number of hydrogen-bond acceptors (Lipinski definition) is 2. The summed E-state index contributed by atoms with van der Waals surface area (Å²) < 4.78 is 44.0. The van der Waals surface area contributed by atoms with Crippen LogP contribution < -0.4 is 0 Å². The van der Waals surface area contributed by atoms with Crippen molar-refractivity contribution < 1.29 is 17.9 Å². The Morgan fingerprint density at radius 3 is 2.35 bits per heavy atom. The van der Waals surface area contributed by atoms with Gasteiger partial charge in [-0.1, -0.05) is 48.5 Å². The molecule has 0 amide bonds. The molecule has 2 atom stereocenters. The van der Waals surface area contributed by atoms with Crippen LogP contribution in [0.4, 0.5) is 13.2 Å². The van der Waals surface area contributed by atoms with E-state index in [0.717, 1.165) is 24.1 Å². The highest BCUT2D eigenvalue weighted by Crippen LogP contribution is 2.35. The molecule has 1 saturated heterocycles. The molecule has 4 rings (SSSR count). The van der Waals surface area contributed by atoms with E-state index in [1.165, 1.54) is 17.7 Å². The lowest BCUT2D eigenvalue weighted by molar-refractivity contribution is -0.137. The van der Waals surface area contributed by atoms with Crippen LogP contribution in [0.15, 0.2) is 60.7 Å². The maximum Gasteiger partial charge on any atom is 0.416 e. The highest BCUT2D eigenvalue weighted by Gasteiger charge is 2.35. The molecule has 0 aromatic heterocycles. The summed E-state index contributed by atoms with van der Waals surface area (Å²) in [6.45, 7) is 2.13. The molecule has 2 nitrogen and oxygen atoms in total. The lowest BCUT2D eigenvalue weighted by Gasteiger charge is -2.45. The maximum absolute atomic E-state index is 12.8. The first-order chi connectivity index (χ1) is 12.5. The average Bonchev–Trinajstić information content (AvgIpc) is 2.62. The summed E-state index contributed by atoms with van der Waals surface area (Å²) in [5.74, 6) is 0. The molecule has 2 aromatic rings. The summed E-state index contributed by atoms with van der Waals surface area (Å²) in [6.07, 6.45) is -1.35. The van der Waals surface area contributed by atoms with Crippen LogP contribution in [0.2, 0.25) is 0 Å². The fraction of sp³-hybridized carbons (Fsp3) is 0.333. The average molecular weight is 359 g/mol. The number of ether oxygens (including phenoxy) is 1. The second-order valence-electron chi connectivity index (χ2n) is 6.89. The molecule has 0 N–H and O–H groups in total. The topological polar surface area (TPSA) is 12.5 Å². The van der Waals surface area contributed by atoms with Crippen LogP contribution >= 0.6 is 0 Å². The van der Waals surface area contributed by atoms with Crippen molar-refractivity contribution in [3.8, 4) is 0 Å². The van der Waals surface area contributed by atoms with Crippen LogP contribution in [0.5, 0.6) is 0 Å². The smallest absolute Gasteiger partial charge is 0.378 e. The van der Waals surface area contributed by atoms with Crippen LogP contribution in [0.1, 0.15) is 23.1 Å². The fourth-order valence-corrected chi connectivity index (χ4v) is 3.79. The predicted molar refractivity (Wildman–Crippen MR) is 94.4 cm³/mol. The third-order valence-electron chi connectivity index (χ3n) is 5.13. The number of benzene rings is 2. The Morgan fingerprint density at radius 2 is 1.69 bits per heavy atom. The van der Waals surface area contributed by atoms with Crippen molar-refractivity contribution >= 4 is 5.57 Å². The predicted octanol–water partition coefficient (Wildman–Crippen LogP) is 4.76. The van der Waals surface area contributed by atoms with E-state index in [1.807, 2.05) is 18.2 Å². The second-order valence-corrected chi connectivity index (χ2v) is 6.89. The van der Waals surface area contributed by atoms with Crippen molar-refractivity contribution in [1.29, 1.82) is 0 Å². The largest absolute Gasteiger partial charge is 0.416 e. The Balaban J connectivity index is 1.56. The summed E-state index contributed by atoms with van der Waals surface area (Å²) in [5, 5.41) is 0. The SMILES string of the molecule is FC(F)(F)c1ccc(C2=CC3COCC(C2)N3Cc2ccccc2)cc1. The molecule has 2 aliphatic heterocycles. The lowest BCUT2D eigenvalue weighted by atomic mass is 9.89. The van der Waals surface area contributed by atoms with Crippen molar-refractivity contribution in [3.05, 3.63) is 77.4 Å². The Kier molecular flexibility index (Phi) is 4.59. The first-order valence-electron chi connectivity index (χ1n) is 8.76. The third-order valence-corrected chi connectivity index (χ3v) is 5.13. The summed E-state index contributed by atoms with van der Waals surface area (Å²) >= 11 is 0. The molecule has 1 fully saturated rings. The molecule has 2 heterocycles. The van der Waals surface area contributed by atoms with Crippen LogP contribution in [0, 0.1) is 0 Å². The quantitative estimate of drug-likeness (QED) is 0.783. The van der Waals surface area contributed by atoms with E-state index >= 15 is 0 Å². The normalized spacial score (nSPS) is 23.6. The van der Waals surface area contributed by atoms with Gasteiger partial charge < -0.3 is 4.74 Å². The molecule has 136 valence electrons. The first kappa shape index (κ1) is 17.3. The van der Waals surface area contributed by atoms with E-state index < -0.39 is 11.7 Å². The van der Waals surface area contributed by atoms with Gasteiger partial charge >= 0.3 is 6.18 Å². The third kappa shape index (κ3) is 3.55. The van der Waals surface area contributed by atoms with Gasteiger partial charge in [0, 0.05) is 12.6 Å². The van der Waals surface area contributed by atoms with Gasteiger partial charge in [-0.15, -0.1) is 0 Å². The molecule has 2 aliphatic rings. The van der Waals surface area contributed by atoms with Gasteiger partial charge in [0.15, 0.2) is 0 Å². The van der Waals surface area contributed by atoms with Crippen molar-refractivity contribution in [3.63, 3.8) is 0 Å². The molecule has 2 unspecified atom stereocenters. The number of halogens is 3. The number of morpholine rings is 1. The van der Waals surface area contributed by atoms with Gasteiger partial charge in [0.1, 0.15) is 0 Å². The number of nitrogens with zero attached hydrogens (tertiary/aromatic N) is 1. The van der Waals surface area contributed by atoms with E-state index in [-0.39, 0.29) is 12.1 Å². The van der Waals surface area contributed by atoms with Gasteiger partial charge in [-0.2, -0.15) is 13.2 Å². The summed E-state index contributed by atoms with van der Waals surface area (Å²) in [7, 11) is 0. The van der Waals surface area contributed by atoms with Crippen molar-refractivity contribution in [2.45, 2.75) is 31.2 Å².